The molecule has 156 valence electrons. The molecule has 1 aliphatic rings. The molecule has 0 aliphatic carbocycles. The zero-order chi connectivity index (χ0) is 22.1. The lowest BCUT2D eigenvalue weighted by molar-refractivity contribution is -0.116. The van der Waals surface area contributed by atoms with Gasteiger partial charge in [0, 0.05) is 10.0 Å². The van der Waals surface area contributed by atoms with Crippen molar-refractivity contribution in [2.24, 2.45) is 0 Å². The van der Waals surface area contributed by atoms with Crippen molar-refractivity contribution in [3.05, 3.63) is 87.9 Å². The van der Waals surface area contributed by atoms with E-state index in [4.69, 9.17) is 27.9 Å². The zero-order valence-corrected chi connectivity index (χ0v) is 17.8. The molecule has 31 heavy (non-hydrogen) atoms. The van der Waals surface area contributed by atoms with Crippen LogP contribution in [0.5, 0.6) is 11.5 Å². The molecule has 1 N–H and O–H groups in total. The molecule has 0 saturated carbocycles. The standard InChI is InChI=1S/C23H16Cl2N2O4/c1-31-21-13-14(2-11-20(21)28)12-19-22(29)26(17-7-3-15(24)4-8-17)27(23(19)30)18-9-5-16(25)6-10-18/h2-13,28H,1H3. The summed E-state index contributed by atoms with van der Waals surface area (Å²) in [7, 11) is 1.42. The number of hydrogen-bond acceptors (Lipinski definition) is 4. The van der Waals surface area contributed by atoms with Crippen LogP contribution in [-0.4, -0.2) is 24.0 Å². The predicted octanol–water partition coefficient (Wildman–Crippen LogP) is 5.09. The largest absolute Gasteiger partial charge is 0.504 e. The summed E-state index contributed by atoms with van der Waals surface area (Å²) >= 11 is 12.0. The maximum absolute atomic E-state index is 13.3. The quantitative estimate of drug-likeness (QED) is 0.440. The van der Waals surface area contributed by atoms with Gasteiger partial charge in [-0.1, -0.05) is 29.3 Å². The fraction of sp³-hybridized carbons (Fsp3) is 0.0435. The number of nitrogens with zero attached hydrogens (tertiary/aromatic N) is 2. The number of phenolic OH excluding ortho intramolecular Hbond substituents is 1. The third kappa shape index (κ3) is 3.95. The summed E-state index contributed by atoms with van der Waals surface area (Å²) in [6.45, 7) is 0. The van der Waals surface area contributed by atoms with E-state index in [0.717, 1.165) is 0 Å². The second-order valence-electron chi connectivity index (χ2n) is 6.68. The number of amides is 2. The summed E-state index contributed by atoms with van der Waals surface area (Å²) in [4.78, 5) is 26.7. The lowest BCUT2D eigenvalue weighted by Gasteiger charge is -2.27. The van der Waals surface area contributed by atoms with Crippen LogP contribution in [0.15, 0.2) is 72.3 Å². The van der Waals surface area contributed by atoms with E-state index in [1.807, 2.05) is 0 Å². The summed E-state index contributed by atoms with van der Waals surface area (Å²) in [6, 6.07) is 17.7. The summed E-state index contributed by atoms with van der Waals surface area (Å²) in [5.41, 5.74) is 1.44. The Morgan fingerprint density at radius 3 is 1.74 bits per heavy atom. The Morgan fingerprint density at radius 2 is 1.29 bits per heavy atom. The van der Waals surface area contributed by atoms with E-state index in [2.05, 4.69) is 0 Å². The van der Waals surface area contributed by atoms with Gasteiger partial charge in [-0.3, -0.25) is 9.59 Å². The molecule has 3 aromatic carbocycles. The van der Waals surface area contributed by atoms with Gasteiger partial charge in [-0.25, -0.2) is 10.0 Å². The van der Waals surface area contributed by atoms with E-state index < -0.39 is 11.8 Å². The van der Waals surface area contributed by atoms with E-state index in [1.54, 1.807) is 60.7 Å². The van der Waals surface area contributed by atoms with Gasteiger partial charge in [-0.2, -0.15) is 0 Å². The number of hydrogen-bond donors (Lipinski definition) is 1. The SMILES string of the molecule is COc1cc(C=C2C(=O)N(c3ccc(Cl)cc3)N(c3ccc(Cl)cc3)C2=O)ccc1O. The van der Waals surface area contributed by atoms with E-state index in [1.165, 1.54) is 29.3 Å². The molecule has 0 unspecified atom stereocenters. The predicted molar refractivity (Wildman–Crippen MR) is 121 cm³/mol. The zero-order valence-electron chi connectivity index (χ0n) is 16.3. The molecule has 1 heterocycles. The Balaban J connectivity index is 1.83. The van der Waals surface area contributed by atoms with Gasteiger partial charge in [-0.15, -0.1) is 0 Å². The number of phenols is 1. The maximum atomic E-state index is 13.3. The number of hydrazine groups is 1. The average Bonchev–Trinajstić information content (AvgIpc) is 3.01. The molecule has 6 nitrogen and oxygen atoms in total. The highest BCUT2D eigenvalue weighted by Crippen LogP contribution is 2.34. The maximum Gasteiger partial charge on any atom is 0.283 e. The van der Waals surface area contributed by atoms with E-state index >= 15 is 0 Å². The van der Waals surface area contributed by atoms with Crippen LogP contribution >= 0.6 is 23.2 Å². The van der Waals surface area contributed by atoms with Crippen molar-refractivity contribution in [2.75, 3.05) is 17.1 Å². The lowest BCUT2D eigenvalue weighted by atomic mass is 10.1. The monoisotopic (exact) mass is 454 g/mol. The second kappa shape index (κ2) is 8.34. The number of carbonyl (C=O) groups excluding carboxylic acids is 2. The fourth-order valence-electron chi connectivity index (χ4n) is 3.21. The number of aromatic hydroxyl groups is 1. The minimum Gasteiger partial charge on any atom is -0.504 e. The molecule has 0 atom stereocenters. The Labute approximate surface area is 188 Å². The normalized spacial score (nSPS) is 13.7. The van der Waals surface area contributed by atoms with Crippen molar-refractivity contribution in [3.63, 3.8) is 0 Å². The molecule has 0 bridgehead atoms. The Morgan fingerprint density at radius 1 is 0.806 bits per heavy atom. The molecule has 1 saturated heterocycles. The molecule has 0 aromatic heterocycles. The van der Waals surface area contributed by atoms with Crippen molar-refractivity contribution < 1.29 is 19.4 Å². The molecule has 3 aromatic rings. The highest BCUT2D eigenvalue weighted by molar-refractivity contribution is 6.38. The minimum absolute atomic E-state index is 0.0423. The Bertz CT molecular complexity index is 1130. The number of rotatable bonds is 4. The van der Waals surface area contributed by atoms with Crippen molar-refractivity contribution in [1.82, 2.24) is 0 Å². The number of carbonyl (C=O) groups is 2. The summed E-state index contributed by atoms with van der Waals surface area (Å²) < 4.78 is 5.11. The minimum atomic E-state index is -0.505. The average molecular weight is 455 g/mol. The van der Waals surface area contributed by atoms with Crippen molar-refractivity contribution in [1.29, 1.82) is 0 Å². The lowest BCUT2D eigenvalue weighted by Crippen LogP contribution is -2.41. The molecule has 1 fully saturated rings. The van der Waals surface area contributed by atoms with Crippen molar-refractivity contribution >= 4 is 52.5 Å². The second-order valence-corrected chi connectivity index (χ2v) is 7.55. The van der Waals surface area contributed by atoms with E-state index in [0.29, 0.717) is 27.0 Å². The van der Waals surface area contributed by atoms with Crippen LogP contribution in [0, 0.1) is 0 Å². The van der Waals surface area contributed by atoms with Gasteiger partial charge < -0.3 is 9.84 Å². The number of methoxy groups -OCH3 is 1. The third-order valence-electron chi connectivity index (χ3n) is 4.70. The highest BCUT2D eigenvalue weighted by Gasteiger charge is 2.42. The molecule has 1 aliphatic heterocycles. The number of ether oxygens (including phenoxy) is 1. The van der Waals surface area contributed by atoms with Gasteiger partial charge in [0.05, 0.1) is 18.5 Å². The smallest absolute Gasteiger partial charge is 0.283 e. The first-order valence-electron chi connectivity index (χ1n) is 9.17. The van der Waals surface area contributed by atoms with Gasteiger partial charge in [0.15, 0.2) is 11.5 Å². The van der Waals surface area contributed by atoms with Gasteiger partial charge in [0.1, 0.15) is 5.57 Å². The Kier molecular flexibility index (Phi) is 5.59. The third-order valence-corrected chi connectivity index (χ3v) is 5.21. The first-order valence-corrected chi connectivity index (χ1v) is 9.93. The molecule has 0 radical (unpaired) electrons. The van der Waals surface area contributed by atoms with Crippen molar-refractivity contribution in [3.8, 4) is 11.5 Å². The first-order chi connectivity index (χ1) is 14.9. The van der Waals surface area contributed by atoms with Crippen LogP contribution in [-0.2, 0) is 9.59 Å². The summed E-state index contributed by atoms with van der Waals surface area (Å²) in [6.07, 6.45) is 1.46. The highest BCUT2D eigenvalue weighted by atomic mass is 35.5. The van der Waals surface area contributed by atoms with Crippen LogP contribution < -0.4 is 14.8 Å². The fourth-order valence-corrected chi connectivity index (χ4v) is 3.46. The molecular weight excluding hydrogens is 439 g/mol. The number of anilines is 2. The summed E-state index contributed by atoms with van der Waals surface area (Å²) in [5, 5.41) is 13.4. The number of halogens is 2. The first kappa shape index (κ1) is 20.8. The van der Waals surface area contributed by atoms with Crippen LogP contribution in [0.1, 0.15) is 5.56 Å². The number of benzene rings is 3. The van der Waals surface area contributed by atoms with E-state index in [-0.39, 0.29) is 17.1 Å². The van der Waals surface area contributed by atoms with Gasteiger partial charge in [0.25, 0.3) is 11.8 Å². The molecular formula is C23H16Cl2N2O4. The Hall–Kier alpha value is -3.48. The van der Waals surface area contributed by atoms with Gasteiger partial charge in [-0.05, 0) is 72.3 Å². The van der Waals surface area contributed by atoms with Crippen LogP contribution in [0.2, 0.25) is 10.0 Å². The molecule has 2 amide bonds. The van der Waals surface area contributed by atoms with Gasteiger partial charge in [0.2, 0.25) is 0 Å². The van der Waals surface area contributed by atoms with Crippen LogP contribution in [0.25, 0.3) is 6.08 Å². The van der Waals surface area contributed by atoms with Gasteiger partial charge >= 0.3 is 0 Å². The van der Waals surface area contributed by atoms with Crippen molar-refractivity contribution in [2.45, 2.75) is 0 Å². The molecule has 8 heteroatoms. The van der Waals surface area contributed by atoms with E-state index in [9.17, 15) is 14.7 Å². The molecule has 0 spiro atoms. The summed E-state index contributed by atoms with van der Waals surface area (Å²) in [5.74, 6) is -0.820. The van der Waals surface area contributed by atoms with Crippen LogP contribution in [0.3, 0.4) is 0 Å². The van der Waals surface area contributed by atoms with Crippen LogP contribution in [0.4, 0.5) is 11.4 Å². The topological polar surface area (TPSA) is 70.1 Å². The molecule has 4 rings (SSSR count).